The molecule has 118 valence electrons. The number of hydrogen-bond donors (Lipinski definition) is 1. The van der Waals surface area contributed by atoms with E-state index in [-0.39, 0.29) is 12.5 Å². The van der Waals surface area contributed by atoms with Crippen LogP contribution in [0.3, 0.4) is 0 Å². The van der Waals surface area contributed by atoms with Gasteiger partial charge in [-0.1, -0.05) is 0 Å². The fourth-order valence-electron chi connectivity index (χ4n) is 2.91. The third-order valence-electron chi connectivity index (χ3n) is 4.41. The van der Waals surface area contributed by atoms with E-state index in [1.54, 1.807) is 11.4 Å². The molecule has 2 aliphatic rings. The van der Waals surface area contributed by atoms with Gasteiger partial charge >= 0.3 is 0 Å². The van der Waals surface area contributed by atoms with Gasteiger partial charge < -0.3 is 9.84 Å². The molecular weight excluding hydrogens is 280 g/mol. The van der Waals surface area contributed by atoms with Crippen molar-refractivity contribution in [1.82, 2.24) is 8.61 Å². The first-order valence-corrected chi connectivity index (χ1v) is 8.83. The van der Waals surface area contributed by atoms with Crippen LogP contribution in [-0.2, 0) is 14.9 Å². The normalized spacial score (nSPS) is 24.4. The highest BCUT2D eigenvalue weighted by Crippen LogP contribution is 2.22. The molecule has 20 heavy (non-hydrogen) atoms. The van der Waals surface area contributed by atoms with Gasteiger partial charge in [0.05, 0.1) is 0 Å². The van der Waals surface area contributed by atoms with Crippen molar-refractivity contribution in [2.75, 3.05) is 46.5 Å². The molecule has 6 nitrogen and oxygen atoms in total. The van der Waals surface area contributed by atoms with Crippen LogP contribution in [0.1, 0.15) is 25.7 Å². The van der Waals surface area contributed by atoms with E-state index < -0.39 is 10.2 Å². The van der Waals surface area contributed by atoms with E-state index in [4.69, 9.17) is 9.84 Å². The summed E-state index contributed by atoms with van der Waals surface area (Å²) < 4.78 is 33.4. The summed E-state index contributed by atoms with van der Waals surface area (Å²) in [5.74, 6) is 0.653. The van der Waals surface area contributed by atoms with Gasteiger partial charge in [-0.05, 0) is 37.5 Å². The zero-order valence-corrected chi connectivity index (χ0v) is 13.0. The Kier molecular flexibility index (Phi) is 5.80. The second kappa shape index (κ2) is 7.17. The molecule has 0 aliphatic carbocycles. The highest BCUT2D eigenvalue weighted by molar-refractivity contribution is 7.86. The van der Waals surface area contributed by atoms with Gasteiger partial charge in [-0.25, -0.2) is 0 Å². The van der Waals surface area contributed by atoms with Crippen molar-refractivity contribution in [2.45, 2.75) is 25.7 Å². The van der Waals surface area contributed by atoms with Crippen LogP contribution in [-0.4, -0.2) is 68.6 Å². The second-order valence-corrected chi connectivity index (χ2v) is 7.90. The van der Waals surface area contributed by atoms with Gasteiger partial charge in [0.25, 0.3) is 10.2 Å². The first-order valence-electron chi connectivity index (χ1n) is 7.44. The summed E-state index contributed by atoms with van der Waals surface area (Å²) >= 11 is 0. The van der Waals surface area contributed by atoms with Crippen LogP contribution < -0.4 is 0 Å². The van der Waals surface area contributed by atoms with Crippen LogP contribution in [0.15, 0.2) is 0 Å². The van der Waals surface area contributed by atoms with Crippen molar-refractivity contribution in [3.8, 4) is 0 Å². The average molecular weight is 306 g/mol. The van der Waals surface area contributed by atoms with Crippen LogP contribution in [0, 0.1) is 11.8 Å². The predicted octanol–water partition coefficient (Wildman–Crippen LogP) is 0.294. The van der Waals surface area contributed by atoms with Crippen molar-refractivity contribution >= 4 is 10.2 Å². The minimum Gasteiger partial charge on any atom is -0.396 e. The highest BCUT2D eigenvalue weighted by Gasteiger charge is 2.32. The lowest BCUT2D eigenvalue weighted by atomic mass is 10.00. The van der Waals surface area contributed by atoms with Gasteiger partial charge in [0.15, 0.2) is 0 Å². The predicted molar refractivity (Wildman–Crippen MR) is 76.5 cm³/mol. The lowest BCUT2D eigenvalue weighted by Crippen LogP contribution is -2.47. The summed E-state index contributed by atoms with van der Waals surface area (Å²) in [4.78, 5) is 0. The third kappa shape index (κ3) is 3.92. The maximum absolute atomic E-state index is 12.5. The standard InChI is InChI=1S/C13H26N2O4S/c1-14(10-12-4-8-19-9-5-12)20(17,18)15-6-2-13(11-16)3-7-15/h12-13,16H,2-11H2,1H3. The Morgan fingerprint density at radius 3 is 2.30 bits per heavy atom. The molecule has 0 radical (unpaired) electrons. The van der Waals surface area contributed by atoms with Gasteiger partial charge in [-0.3, -0.25) is 0 Å². The van der Waals surface area contributed by atoms with E-state index in [0.717, 1.165) is 38.9 Å². The zero-order valence-electron chi connectivity index (χ0n) is 12.2. The molecule has 0 bridgehead atoms. The molecule has 0 amide bonds. The summed E-state index contributed by atoms with van der Waals surface area (Å²) in [7, 11) is -1.68. The first-order chi connectivity index (χ1) is 9.54. The van der Waals surface area contributed by atoms with Gasteiger partial charge in [-0.15, -0.1) is 0 Å². The topological polar surface area (TPSA) is 70.1 Å². The molecule has 1 N–H and O–H groups in total. The molecule has 0 aromatic rings. The molecule has 2 aliphatic heterocycles. The molecule has 2 heterocycles. The Morgan fingerprint density at radius 2 is 1.75 bits per heavy atom. The molecule has 7 heteroatoms. The summed E-state index contributed by atoms with van der Waals surface area (Å²) in [5.41, 5.74) is 0. The lowest BCUT2D eigenvalue weighted by Gasteiger charge is -2.34. The van der Waals surface area contributed by atoms with Gasteiger partial charge in [0.1, 0.15) is 0 Å². The van der Waals surface area contributed by atoms with Crippen LogP contribution in [0.25, 0.3) is 0 Å². The van der Waals surface area contributed by atoms with Crippen molar-refractivity contribution in [3.63, 3.8) is 0 Å². The molecule has 0 aromatic heterocycles. The lowest BCUT2D eigenvalue weighted by molar-refractivity contribution is 0.0614. The highest BCUT2D eigenvalue weighted by atomic mass is 32.2. The zero-order chi connectivity index (χ0) is 14.6. The molecule has 2 rings (SSSR count). The van der Waals surface area contributed by atoms with Gasteiger partial charge in [0.2, 0.25) is 0 Å². The molecule has 0 spiro atoms. The van der Waals surface area contributed by atoms with Crippen molar-refractivity contribution < 1.29 is 18.3 Å². The Hall–Kier alpha value is -0.210. The Balaban J connectivity index is 1.88. The maximum Gasteiger partial charge on any atom is 0.281 e. The van der Waals surface area contributed by atoms with Gasteiger partial charge in [0, 0.05) is 46.5 Å². The molecule has 0 atom stereocenters. The van der Waals surface area contributed by atoms with Crippen LogP contribution in [0.5, 0.6) is 0 Å². The minimum absolute atomic E-state index is 0.159. The molecular formula is C13H26N2O4S. The van der Waals surface area contributed by atoms with E-state index in [9.17, 15) is 8.42 Å². The SMILES string of the molecule is CN(CC1CCOCC1)S(=O)(=O)N1CCC(CO)CC1. The quantitative estimate of drug-likeness (QED) is 0.793. The largest absolute Gasteiger partial charge is 0.396 e. The molecule has 0 aromatic carbocycles. The fraction of sp³-hybridized carbons (Fsp3) is 1.00. The van der Waals surface area contributed by atoms with Crippen LogP contribution in [0.4, 0.5) is 0 Å². The Morgan fingerprint density at radius 1 is 1.15 bits per heavy atom. The van der Waals surface area contributed by atoms with Crippen LogP contribution >= 0.6 is 0 Å². The summed E-state index contributed by atoms with van der Waals surface area (Å²) in [6.07, 6.45) is 3.38. The second-order valence-electron chi connectivity index (χ2n) is 5.87. The average Bonchev–Trinajstić information content (AvgIpc) is 2.48. The van der Waals surface area contributed by atoms with Crippen molar-refractivity contribution in [3.05, 3.63) is 0 Å². The minimum atomic E-state index is -3.35. The molecule has 2 fully saturated rings. The van der Waals surface area contributed by atoms with E-state index in [1.807, 2.05) is 0 Å². The van der Waals surface area contributed by atoms with E-state index in [1.165, 1.54) is 4.31 Å². The van der Waals surface area contributed by atoms with Crippen LogP contribution in [0.2, 0.25) is 0 Å². The number of aliphatic hydroxyl groups is 1. The fourth-order valence-corrected chi connectivity index (χ4v) is 4.37. The maximum atomic E-state index is 12.5. The molecule has 0 saturated carbocycles. The third-order valence-corrected chi connectivity index (χ3v) is 6.36. The summed E-state index contributed by atoms with van der Waals surface area (Å²) in [5, 5.41) is 9.12. The Bertz CT molecular complexity index is 387. The number of rotatable bonds is 5. The number of piperidine rings is 1. The molecule has 2 saturated heterocycles. The monoisotopic (exact) mass is 306 g/mol. The molecule has 0 unspecified atom stereocenters. The van der Waals surface area contributed by atoms with E-state index >= 15 is 0 Å². The number of ether oxygens (including phenoxy) is 1. The number of hydrogen-bond acceptors (Lipinski definition) is 4. The summed E-state index contributed by atoms with van der Waals surface area (Å²) in [6.45, 7) is 3.25. The van der Waals surface area contributed by atoms with Crippen molar-refractivity contribution in [1.29, 1.82) is 0 Å². The smallest absolute Gasteiger partial charge is 0.281 e. The van der Waals surface area contributed by atoms with E-state index in [0.29, 0.717) is 25.6 Å². The van der Waals surface area contributed by atoms with Gasteiger partial charge in [-0.2, -0.15) is 17.0 Å². The first kappa shape index (κ1) is 16.2. The summed E-state index contributed by atoms with van der Waals surface area (Å²) in [6, 6.07) is 0. The Labute approximate surface area is 121 Å². The number of aliphatic hydroxyl groups excluding tert-OH is 1. The number of nitrogens with zero attached hydrogens (tertiary/aromatic N) is 2. The van der Waals surface area contributed by atoms with Crippen molar-refractivity contribution in [2.24, 2.45) is 11.8 Å². The van der Waals surface area contributed by atoms with E-state index in [2.05, 4.69) is 0 Å².